The number of carbonyl (C=O) groups is 3. The van der Waals surface area contributed by atoms with Crippen LogP contribution in [0, 0.1) is 11.8 Å². The zero-order chi connectivity index (χ0) is 20.5. The lowest BCUT2D eigenvalue weighted by Crippen LogP contribution is -2.56. The lowest BCUT2D eigenvalue weighted by Gasteiger charge is -2.36. The van der Waals surface area contributed by atoms with E-state index in [1.165, 1.54) is 0 Å². The summed E-state index contributed by atoms with van der Waals surface area (Å²) < 4.78 is 4.68. The van der Waals surface area contributed by atoms with E-state index in [9.17, 15) is 19.5 Å². The Morgan fingerprint density at radius 3 is 2.75 bits per heavy atom. The summed E-state index contributed by atoms with van der Waals surface area (Å²) >= 11 is 1.63. The van der Waals surface area contributed by atoms with Crippen molar-refractivity contribution in [3.8, 4) is 0 Å². The monoisotopic (exact) mass is 412 g/mol. The molecule has 3 fully saturated rings. The molecule has 0 aromatic rings. The molecule has 2 N–H and O–H groups in total. The normalized spacial score (nSPS) is 34.4. The number of amides is 2. The molecule has 0 aliphatic carbocycles. The van der Waals surface area contributed by atoms with Gasteiger partial charge in [-0.1, -0.05) is 20.3 Å². The van der Waals surface area contributed by atoms with Crippen molar-refractivity contribution < 1.29 is 24.2 Å². The van der Waals surface area contributed by atoms with Gasteiger partial charge in [-0.2, -0.15) is 0 Å². The Hall–Kier alpha value is -1.28. The predicted molar refractivity (Wildman–Crippen MR) is 107 cm³/mol. The zero-order valence-corrected chi connectivity index (χ0v) is 17.8. The van der Waals surface area contributed by atoms with E-state index in [4.69, 9.17) is 4.74 Å². The predicted octanol–water partition coefficient (Wildman–Crippen LogP) is 1.33. The maximum Gasteiger partial charge on any atom is 0.310 e. The first-order valence-corrected chi connectivity index (χ1v) is 11.4. The zero-order valence-electron chi connectivity index (χ0n) is 17.0. The molecule has 158 valence electrons. The minimum absolute atomic E-state index is 0.0234. The third kappa shape index (κ3) is 3.22. The molecule has 3 aliphatic rings. The summed E-state index contributed by atoms with van der Waals surface area (Å²) in [5.74, 6) is -1.71. The highest BCUT2D eigenvalue weighted by Crippen LogP contribution is 2.66. The lowest BCUT2D eigenvalue weighted by atomic mass is 9.71. The van der Waals surface area contributed by atoms with Crippen LogP contribution in [0.4, 0.5) is 0 Å². The number of fused-ring (bicyclic) bond motifs is 1. The van der Waals surface area contributed by atoms with E-state index in [0.29, 0.717) is 13.0 Å². The van der Waals surface area contributed by atoms with Gasteiger partial charge in [0, 0.05) is 11.8 Å². The number of thioether (sulfide) groups is 1. The van der Waals surface area contributed by atoms with Crippen molar-refractivity contribution >= 4 is 29.5 Å². The van der Waals surface area contributed by atoms with Crippen molar-refractivity contribution in [1.82, 2.24) is 10.2 Å². The standard InChI is InChI=1S/C20H32N2O5S/c1-4-7-10-21-17(24)16-20-9-8-13(28-20)14(19(26)27-6-3)15(20)18(25)22(16)12(5-2)11-23/h12-16,23H,4-11H2,1-3H3,(H,21,24)/t12-,13-,14+,15-,16?,20?/m0/s1. The van der Waals surface area contributed by atoms with E-state index < -0.39 is 28.7 Å². The third-order valence-electron chi connectivity index (χ3n) is 6.45. The van der Waals surface area contributed by atoms with Gasteiger partial charge in [-0.05, 0) is 32.6 Å². The lowest BCUT2D eigenvalue weighted by molar-refractivity contribution is -0.154. The molecule has 6 atom stereocenters. The Morgan fingerprint density at radius 1 is 1.39 bits per heavy atom. The van der Waals surface area contributed by atoms with Crippen LogP contribution in [-0.2, 0) is 19.1 Å². The van der Waals surface area contributed by atoms with Crippen LogP contribution in [0.3, 0.4) is 0 Å². The van der Waals surface area contributed by atoms with Crippen molar-refractivity contribution in [2.75, 3.05) is 19.8 Å². The number of nitrogens with one attached hydrogen (secondary N) is 1. The van der Waals surface area contributed by atoms with Crippen LogP contribution in [0.5, 0.6) is 0 Å². The number of aliphatic hydroxyl groups excluding tert-OH is 1. The minimum Gasteiger partial charge on any atom is -0.466 e. The number of hydrogen-bond acceptors (Lipinski definition) is 6. The Kier molecular flexibility index (Phi) is 6.59. The van der Waals surface area contributed by atoms with Crippen LogP contribution < -0.4 is 5.32 Å². The Labute approximate surface area is 170 Å². The summed E-state index contributed by atoms with van der Waals surface area (Å²) in [6.07, 6.45) is 3.94. The summed E-state index contributed by atoms with van der Waals surface area (Å²) in [6, 6.07) is -1.06. The highest BCUT2D eigenvalue weighted by molar-refractivity contribution is 8.02. The Morgan fingerprint density at radius 2 is 2.14 bits per heavy atom. The second-order valence-corrected chi connectivity index (χ2v) is 9.54. The topological polar surface area (TPSA) is 95.9 Å². The fourth-order valence-electron chi connectivity index (χ4n) is 5.19. The van der Waals surface area contributed by atoms with Crippen LogP contribution in [-0.4, -0.2) is 69.6 Å². The first-order chi connectivity index (χ1) is 13.5. The van der Waals surface area contributed by atoms with Crippen molar-refractivity contribution in [3.05, 3.63) is 0 Å². The largest absolute Gasteiger partial charge is 0.466 e. The summed E-state index contributed by atoms with van der Waals surface area (Å²) in [6.45, 7) is 6.38. The maximum atomic E-state index is 13.5. The van der Waals surface area contributed by atoms with E-state index >= 15 is 0 Å². The molecule has 0 aromatic heterocycles. The van der Waals surface area contributed by atoms with Crippen molar-refractivity contribution in [2.24, 2.45) is 11.8 Å². The quantitative estimate of drug-likeness (QED) is 0.438. The van der Waals surface area contributed by atoms with Crippen molar-refractivity contribution in [2.45, 2.75) is 75.0 Å². The molecule has 2 bridgehead atoms. The number of likely N-dealkylation sites (tertiary alicyclic amines) is 1. The van der Waals surface area contributed by atoms with Crippen LogP contribution in [0.25, 0.3) is 0 Å². The molecular formula is C20H32N2O5S. The van der Waals surface area contributed by atoms with Crippen molar-refractivity contribution in [1.29, 1.82) is 0 Å². The Bertz CT molecular complexity index is 626. The van der Waals surface area contributed by atoms with Crippen LogP contribution in [0.15, 0.2) is 0 Å². The van der Waals surface area contributed by atoms with Gasteiger partial charge in [-0.25, -0.2) is 0 Å². The molecule has 0 saturated carbocycles. The summed E-state index contributed by atoms with van der Waals surface area (Å²) in [5.41, 5.74) is 0. The van der Waals surface area contributed by atoms with Crippen LogP contribution in [0.1, 0.15) is 52.9 Å². The number of esters is 1. The van der Waals surface area contributed by atoms with Gasteiger partial charge in [-0.3, -0.25) is 14.4 Å². The van der Waals surface area contributed by atoms with E-state index in [0.717, 1.165) is 25.7 Å². The summed E-state index contributed by atoms with van der Waals surface area (Å²) in [5, 5.41) is 12.9. The van der Waals surface area contributed by atoms with E-state index in [2.05, 4.69) is 12.2 Å². The second-order valence-electron chi connectivity index (χ2n) is 7.94. The SMILES string of the molecule is CCCCNC(=O)C1N([C@@H](CC)CO)C(=O)[C@@H]2[C@H](C(=O)OCC)[C@@H]3CCC12S3. The molecule has 0 aromatic carbocycles. The van der Waals surface area contributed by atoms with Crippen molar-refractivity contribution in [3.63, 3.8) is 0 Å². The number of aliphatic hydroxyl groups is 1. The third-order valence-corrected chi connectivity index (χ3v) is 8.40. The average Bonchev–Trinajstić information content (AvgIpc) is 3.31. The molecule has 28 heavy (non-hydrogen) atoms. The molecule has 2 amide bonds. The van der Waals surface area contributed by atoms with E-state index in [-0.39, 0.29) is 36.2 Å². The number of unbranched alkanes of at least 4 members (excludes halogenated alkanes) is 1. The highest BCUT2D eigenvalue weighted by atomic mass is 32.2. The van der Waals surface area contributed by atoms with Gasteiger partial charge in [0.2, 0.25) is 11.8 Å². The molecular weight excluding hydrogens is 380 g/mol. The molecule has 3 saturated heterocycles. The molecule has 7 nitrogen and oxygen atoms in total. The van der Waals surface area contributed by atoms with Gasteiger partial charge in [-0.15, -0.1) is 11.8 Å². The Balaban J connectivity index is 1.97. The van der Waals surface area contributed by atoms with Gasteiger partial charge in [0.15, 0.2) is 0 Å². The first kappa shape index (κ1) is 21.4. The number of nitrogens with zero attached hydrogens (tertiary/aromatic N) is 1. The van der Waals surface area contributed by atoms with Gasteiger partial charge in [0.05, 0.1) is 35.8 Å². The van der Waals surface area contributed by atoms with E-state index in [1.807, 2.05) is 6.92 Å². The molecule has 8 heteroatoms. The molecule has 3 aliphatic heterocycles. The number of carbonyl (C=O) groups excluding carboxylic acids is 3. The first-order valence-electron chi connectivity index (χ1n) is 10.5. The fourth-order valence-corrected chi connectivity index (χ4v) is 7.38. The number of ether oxygens (including phenoxy) is 1. The molecule has 0 radical (unpaired) electrons. The van der Waals surface area contributed by atoms with Crippen LogP contribution in [0.2, 0.25) is 0 Å². The summed E-state index contributed by atoms with van der Waals surface area (Å²) in [7, 11) is 0. The van der Waals surface area contributed by atoms with Gasteiger partial charge >= 0.3 is 5.97 Å². The minimum atomic E-state index is -0.645. The smallest absolute Gasteiger partial charge is 0.310 e. The average molecular weight is 413 g/mol. The molecule has 3 heterocycles. The highest BCUT2D eigenvalue weighted by Gasteiger charge is 2.74. The summed E-state index contributed by atoms with van der Waals surface area (Å²) in [4.78, 5) is 41.0. The van der Waals surface area contributed by atoms with Gasteiger partial charge < -0.3 is 20.1 Å². The molecule has 1 spiro atoms. The second kappa shape index (κ2) is 8.61. The number of hydrogen-bond donors (Lipinski definition) is 2. The fraction of sp³-hybridized carbons (Fsp3) is 0.850. The number of rotatable bonds is 9. The van der Waals surface area contributed by atoms with E-state index in [1.54, 1.807) is 23.6 Å². The maximum absolute atomic E-state index is 13.5. The molecule has 3 rings (SSSR count). The van der Waals surface area contributed by atoms with Crippen LogP contribution >= 0.6 is 11.8 Å². The van der Waals surface area contributed by atoms with Gasteiger partial charge in [0.25, 0.3) is 0 Å². The molecule has 2 unspecified atom stereocenters. The van der Waals surface area contributed by atoms with Gasteiger partial charge in [0.1, 0.15) is 6.04 Å².